The first-order chi connectivity index (χ1) is 14.6. The molecule has 7 heteroatoms. The molecule has 1 unspecified atom stereocenters. The largest absolute Gasteiger partial charge is 0.367 e. The number of hydrogen-bond acceptors (Lipinski definition) is 5. The molecule has 1 aromatic heterocycles. The smallest absolute Gasteiger partial charge is 0.274 e. The molecule has 6 nitrogen and oxygen atoms in total. The first-order valence-corrected chi connectivity index (χ1v) is 11.0. The van der Waals surface area contributed by atoms with Crippen molar-refractivity contribution in [3.63, 3.8) is 0 Å². The molecule has 4 rings (SSSR count). The lowest BCUT2D eigenvalue weighted by Crippen LogP contribution is -2.29. The molecule has 1 aromatic carbocycles. The Labute approximate surface area is 177 Å². The van der Waals surface area contributed by atoms with E-state index in [9.17, 15) is 9.18 Å². The van der Waals surface area contributed by atoms with Crippen molar-refractivity contribution in [3.8, 4) is 0 Å². The molecule has 160 valence electrons. The highest BCUT2D eigenvalue weighted by atomic mass is 19.1. The highest BCUT2D eigenvalue weighted by Crippen LogP contribution is 2.28. The number of nitrogens with one attached hydrogen (secondary N) is 1. The second-order valence-electron chi connectivity index (χ2n) is 8.24. The molecule has 2 aliphatic heterocycles. The molecule has 0 bridgehead atoms. The minimum atomic E-state index is -0.265. The molecule has 0 radical (unpaired) electrons. The standard InChI is InChI=1S/C23H30FN5O/c1-17(18-6-8-19(24)9-7-18)21-22(25-10-15-28-11-2-3-12-28)26-16-20(27-21)23(30)29-13-4-5-14-29/h6-9,16-17H,2-5,10-15H2,1H3,(H,25,26). The summed E-state index contributed by atoms with van der Waals surface area (Å²) < 4.78 is 13.4. The maximum atomic E-state index is 13.4. The van der Waals surface area contributed by atoms with Crippen LogP contribution in [0.4, 0.5) is 10.2 Å². The van der Waals surface area contributed by atoms with Crippen LogP contribution in [0.1, 0.15) is 60.3 Å². The monoisotopic (exact) mass is 411 g/mol. The van der Waals surface area contributed by atoms with Crippen LogP contribution in [0, 0.1) is 5.82 Å². The Bertz CT molecular complexity index is 860. The molecule has 2 fully saturated rings. The molecule has 0 saturated carbocycles. The molecule has 2 aliphatic rings. The van der Waals surface area contributed by atoms with Gasteiger partial charge in [-0.25, -0.2) is 14.4 Å². The van der Waals surface area contributed by atoms with E-state index in [1.807, 2.05) is 11.8 Å². The normalized spacial score (nSPS) is 18.0. The first kappa shape index (κ1) is 20.7. The fourth-order valence-corrected chi connectivity index (χ4v) is 4.27. The van der Waals surface area contributed by atoms with Gasteiger partial charge in [-0.1, -0.05) is 19.1 Å². The maximum absolute atomic E-state index is 13.4. The van der Waals surface area contributed by atoms with Crippen molar-refractivity contribution in [1.29, 1.82) is 0 Å². The molecule has 2 saturated heterocycles. The number of aromatic nitrogens is 2. The molecule has 0 aliphatic carbocycles. The second kappa shape index (κ2) is 9.51. The molecule has 3 heterocycles. The number of carbonyl (C=O) groups excluding carboxylic acids is 1. The molecule has 0 spiro atoms. The van der Waals surface area contributed by atoms with Crippen molar-refractivity contribution in [2.75, 3.05) is 44.6 Å². The lowest BCUT2D eigenvalue weighted by molar-refractivity contribution is 0.0786. The fraction of sp³-hybridized carbons (Fsp3) is 0.522. The van der Waals surface area contributed by atoms with E-state index in [-0.39, 0.29) is 17.6 Å². The summed E-state index contributed by atoms with van der Waals surface area (Å²) in [5, 5.41) is 3.42. The molecule has 1 N–H and O–H groups in total. The summed E-state index contributed by atoms with van der Waals surface area (Å²) in [5.74, 6) is 0.262. The lowest BCUT2D eigenvalue weighted by atomic mass is 9.97. The van der Waals surface area contributed by atoms with Gasteiger partial charge in [0, 0.05) is 32.1 Å². The Kier molecular flexibility index (Phi) is 6.57. The fourth-order valence-electron chi connectivity index (χ4n) is 4.27. The number of halogens is 1. The molecule has 1 amide bonds. The number of likely N-dealkylation sites (tertiary alicyclic amines) is 2. The summed E-state index contributed by atoms with van der Waals surface area (Å²) in [7, 11) is 0. The van der Waals surface area contributed by atoms with Crippen molar-refractivity contribution in [2.24, 2.45) is 0 Å². The van der Waals surface area contributed by atoms with Crippen LogP contribution >= 0.6 is 0 Å². The van der Waals surface area contributed by atoms with Crippen LogP contribution in [0.2, 0.25) is 0 Å². The van der Waals surface area contributed by atoms with Crippen LogP contribution < -0.4 is 5.32 Å². The summed E-state index contributed by atoms with van der Waals surface area (Å²) in [6.07, 6.45) is 6.18. The predicted octanol–water partition coefficient (Wildman–Crippen LogP) is 3.51. The zero-order valence-electron chi connectivity index (χ0n) is 17.6. The van der Waals surface area contributed by atoms with Gasteiger partial charge in [0.2, 0.25) is 0 Å². The highest BCUT2D eigenvalue weighted by Gasteiger charge is 2.24. The van der Waals surface area contributed by atoms with Gasteiger partial charge in [-0.05, 0) is 56.5 Å². The zero-order valence-corrected chi connectivity index (χ0v) is 17.6. The number of anilines is 1. The molecule has 2 aromatic rings. The van der Waals surface area contributed by atoms with Crippen LogP contribution in [0.5, 0.6) is 0 Å². The van der Waals surface area contributed by atoms with E-state index in [2.05, 4.69) is 15.2 Å². The third-order valence-electron chi connectivity index (χ3n) is 6.11. The van der Waals surface area contributed by atoms with Crippen LogP contribution in [0.15, 0.2) is 30.5 Å². The van der Waals surface area contributed by atoms with E-state index in [4.69, 9.17) is 4.98 Å². The Hall–Kier alpha value is -2.54. The number of carbonyl (C=O) groups is 1. The average Bonchev–Trinajstić information content (AvgIpc) is 3.48. The summed E-state index contributed by atoms with van der Waals surface area (Å²) >= 11 is 0. The SMILES string of the molecule is CC(c1ccc(F)cc1)c1nc(C(=O)N2CCCC2)cnc1NCCN1CCCC1. The van der Waals surface area contributed by atoms with Gasteiger partial charge >= 0.3 is 0 Å². The van der Waals surface area contributed by atoms with Gasteiger partial charge in [0.25, 0.3) is 5.91 Å². The summed E-state index contributed by atoms with van der Waals surface area (Å²) in [4.78, 5) is 26.5. The quantitative estimate of drug-likeness (QED) is 0.756. The van der Waals surface area contributed by atoms with E-state index >= 15 is 0 Å². The van der Waals surface area contributed by atoms with E-state index in [1.54, 1.807) is 18.3 Å². The van der Waals surface area contributed by atoms with E-state index in [0.717, 1.165) is 63.4 Å². The van der Waals surface area contributed by atoms with Gasteiger partial charge in [-0.2, -0.15) is 0 Å². The molecular weight excluding hydrogens is 381 g/mol. The van der Waals surface area contributed by atoms with Gasteiger partial charge in [0.05, 0.1) is 11.9 Å². The summed E-state index contributed by atoms with van der Waals surface area (Å²) in [6.45, 7) is 7.61. The minimum absolute atomic E-state index is 0.0591. The average molecular weight is 412 g/mol. The number of amides is 1. The van der Waals surface area contributed by atoms with Gasteiger partial charge < -0.3 is 15.1 Å². The first-order valence-electron chi connectivity index (χ1n) is 11.0. The number of hydrogen-bond donors (Lipinski definition) is 1. The zero-order chi connectivity index (χ0) is 20.9. The second-order valence-corrected chi connectivity index (χ2v) is 8.24. The van der Waals surface area contributed by atoms with Gasteiger partial charge in [-0.3, -0.25) is 4.79 Å². The number of benzene rings is 1. The Balaban J connectivity index is 1.56. The van der Waals surface area contributed by atoms with Crippen LogP contribution in [0.3, 0.4) is 0 Å². The van der Waals surface area contributed by atoms with Crippen molar-refractivity contribution < 1.29 is 9.18 Å². The lowest BCUT2D eigenvalue weighted by Gasteiger charge is -2.20. The minimum Gasteiger partial charge on any atom is -0.367 e. The van der Waals surface area contributed by atoms with Gasteiger partial charge in [-0.15, -0.1) is 0 Å². The van der Waals surface area contributed by atoms with Crippen molar-refractivity contribution in [3.05, 3.63) is 53.2 Å². The van der Waals surface area contributed by atoms with Crippen molar-refractivity contribution >= 4 is 11.7 Å². The predicted molar refractivity (Wildman–Crippen MR) is 115 cm³/mol. The number of nitrogens with zero attached hydrogens (tertiary/aromatic N) is 4. The van der Waals surface area contributed by atoms with Crippen molar-refractivity contribution in [2.45, 2.75) is 38.5 Å². The van der Waals surface area contributed by atoms with Gasteiger partial charge in [0.15, 0.2) is 0 Å². The third-order valence-corrected chi connectivity index (χ3v) is 6.11. The van der Waals surface area contributed by atoms with Gasteiger partial charge in [0.1, 0.15) is 17.3 Å². The summed E-state index contributed by atoms with van der Waals surface area (Å²) in [5.41, 5.74) is 2.05. The molecule has 1 atom stereocenters. The highest BCUT2D eigenvalue weighted by molar-refractivity contribution is 5.92. The number of rotatable bonds is 7. The van der Waals surface area contributed by atoms with E-state index in [0.29, 0.717) is 11.5 Å². The Morgan fingerprint density at radius 3 is 2.47 bits per heavy atom. The van der Waals surface area contributed by atoms with Crippen LogP contribution in [0.25, 0.3) is 0 Å². The Morgan fingerprint density at radius 1 is 1.10 bits per heavy atom. The van der Waals surface area contributed by atoms with Crippen LogP contribution in [-0.4, -0.2) is 64.9 Å². The maximum Gasteiger partial charge on any atom is 0.274 e. The van der Waals surface area contributed by atoms with E-state index < -0.39 is 0 Å². The van der Waals surface area contributed by atoms with Crippen molar-refractivity contribution in [1.82, 2.24) is 19.8 Å². The topological polar surface area (TPSA) is 61.4 Å². The third kappa shape index (κ3) is 4.78. The van der Waals surface area contributed by atoms with Crippen LogP contribution in [-0.2, 0) is 0 Å². The van der Waals surface area contributed by atoms with E-state index in [1.165, 1.54) is 25.0 Å². The summed E-state index contributed by atoms with van der Waals surface area (Å²) in [6, 6.07) is 6.45. The molecular formula is C23H30FN5O. The molecule has 30 heavy (non-hydrogen) atoms. The Morgan fingerprint density at radius 2 is 1.77 bits per heavy atom.